The normalized spacial score (nSPS) is 13.1. The van der Waals surface area contributed by atoms with E-state index in [9.17, 15) is 4.79 Å². The molecule has 3 heterocycles. The van der Waals surface area contributed by atoms with Gasteiger partial charge in [-0.15, -0.1) is 0 Å². The number of hydrogen-bond donors (Lipinski definition) is 0. The first-order valence-electron chi connectivity index (χ1n) is 9.55. The van der Waals surface area contributed by atoms with E-state index in [1.54, 1.807) is 12.5 Å². The van der Waals surface area contributed by atoms with Crippen LogP contribution in [-0.4, -0.2) is 27.0 Å². The topological polar surface area (TPSA) is 51.0 Å². The zero-order valence-electron chi connectivity index (χ0n) is 15.5. The number of anilines is 1. The lowest BCUT2D eigenvalue weighted by Crippen LogP contribution is -2.29. The van der Waals surface area contributed by atoms with Crippen molar-refractivity contribution in [3.63, 3.8) is 0 Å². The molecule has 0 spiro atoms. The number of hydrogen-bond acceptors (Lipinski definition) is 3. The van der Waals surface area contributed by atoms with E-state index < -0.39 is 0 Å². The van der Waals surface area contributed by atoms with Crippen molar-refractivity contribution in [2.24, 2.45) is 0 Å². The Morgan fingerprint density at radius 2 is 1.82 bits per heavy atom. The third-order valence-corrected chi connectivity index (χ3v) is 5.34. The summed E-state index contributed by atoms with van der Waals surface area (Å²) in [7, 11) is 0. The maximum atomic E-state index is 12.7. The smallest absolute Gasteiger partial charge is 0.227 e. The zero-order chi connectivity index (χ0) is 18.9. The molecule has 5 heteroatoms. The van der Waals surface area contributed by atoms with Crippen molar-refractivity contribution in [3.05, 3.63) is 84.3 Å². The Labute approximate surface area is 163 Å². The molecular formula is C23H20N4O. The summed E-state index contributed by atoms with van der Waals surface area (Å²) in [4.78, 5) is 23.4. The minimum atomic E-state index is 0.193. The Kier molecular flexibility index (Phi) is 4.13. The summed E-state index contributed by atoms with van der Waals surface area (Å²) < 4.78 is 1.98. The van der Waals surface area contributed by atoms with Crippen LogP contribution in [0.3, 0.4) is 0 Å². The average Bonchev–Trinajstić information content (AvgIpc) is 3.37. The molecule has 4 aromatic rings. The standard InChI is InChI=1S/C23H20N4O/c28-22(26-15-13-18-4-1-2-6-21(18)26)12-9-17-7-10-19(11-8-17)27-16-25-20-5-3-14-24-23(20)27/h1-8,10-11,14,16H,9,12-13,15H2. The molecule has 1 amide bonds. The largest absolute Gasteiger partial charge is 0.312 e. The number of imidazole rings is 1. The van der Waals surface area contributed by atoms with Crippen LogP contribution < -0.4 is 4.90 Å². The fourth-order valence-corrected chi connectivity index (χ4v) is 3.85. The van der Waals surface area contributed by atoms with Crippen LogP contribution in [0.2, 0.25) is 0 Å². The number of pyridine rings is 1. The van der Waals surface area contributed by atoms with Gasteiger partial charge < -0.3 is 4.90 Å². The van der Waals surface area contributed by atoms with Gasteiger partial charge in [0.25, 0.3) is 0 Å². The van der Waals surface area contributed by atoms with Gasteiger partial charge in [0.05, 0.1) is 0 Å². The van der Waals surface area contributed by atoms with Gasteiger partial charge >= 0.3 is 0 Å². The summed E-state index contributed by atoms with van der Waals surface area (Å²) in [5.74, 6) is 0.193. The molecule has 2 aromatic carbocycles. The van der Waals surface area contributed by atoms with Crippen molar-refractivity contribution in [2.45, 2.75) is 19.3 Å². The third-order valence-electron chi connectivity index (χ3n) is 5.34. The van der Waals surface area contributed by atoms with Gasteiger partial charge in [-0.25, -0.2) is 9.97 Å². The van der Waals surface area contributed by atoms with E-state index in [2.05, 4.69) is 40.3 Å². The average molecular weight is 368 g/mol. The molecule has 0 fully saturated rings. The van der Waals surface area contributed by atoms with Crippen molar-refractivity contribution in [2.75, 3.05) is 11.4 Å². The maximum Gasteiger partial charge on any atom is 0.227 e. The molecule has 0 radical (unpaired) electrons. The van der Waals surface area contributed by atoms with Crippen molar-refractivity contribution < 1.29 is 4.79 Å². The van der Waals surface area contributed by atoms with E-state index >= 15 is 0 Å². The molecule has 0 atom stereocenters. The van der Waals surface area contributed by atoms with Crippen LogP contribution >= 0.6 is 0 Å². The van der Waals surface area contributed by atoms with E-state index in [-0.39, 0.29) is 5.91 Å². The lowest BCUT2D eigenvalue weighted by Gasteiger charge is -2.17. The molecule has 2 aromatic heterocycles. The monoisotopic (exact) mass is 368 g/mol. The minimum absolute atomic E-state index is 0.193. The van der Waals surface area contributed by atoms with Crippen molar-refractivity contribution in [3.8, 4) is 5.69 Å². The number of carbonyl (C=O) groups is 1. The van der Waals surface area contributed by atoms with Gasteiger partial charge in [0.1, 0.15) is 11.8 Å². The van der Waals surface area contributed by atoms with E-state index in [1.807, 2.05) is 39.8 Å². The van der Waals surface area contributed by atoms with E-state index in [0.29, 0.717) is 6.42 Å². The summed E-state index contributed by atoms with van der Waals surface area (Å²) in [6.45, 7) is 0.790. The summed E-state index contributed by atoms with van der Waals surface area (Å²) in [5.41, 5.74) is 6.23. The Bertz CT molecular complexity index is 1150. The molecule has 0 saturated heterocycles. The van der Waals surface area contributed by atoms with Crippen LogP contribution in [0, 0.1) is 0 Å². The van der Waals surface area contributed by atoms with Crippen LogP contribution in [0.5, 0.6) is 0 Å². The molecule has 0 saturated carbocycles. The van der Waals surface area contributed by atoms with E-state index in [1.165, 1.54) is 5.56 Å². The highest BCUT2D eigenvalue weighted by Gasteiger charge is 2.23. The number of fused-ring (bicyclic) bond motifs is 2. The Morgan fingerprint density at radius 1 is 0.964 bits per heavy atom. The molecule has 0 bridgehead atoms. The maximum absolute atomic E-state index is 12.7. The lowest BCUT2D eigenvalue weighted by atomic mass is 10.1. The van der Waals surface area contributed by atoms with Gasteiger partial charge in [0, 0.05) is 30.5 Å². The highest BCUT2D eigenvalue weighted by atomic mass is 16.2. The van der Waals surface area contributed by atoms with Gasteiger partial charge in [-0.2, -0.15) is 0 Å². The van der Waals surface area contributed by atoms with Gasteiger partial charge in [0.2, 0.25) is 5.91 Å². The quantitative estimate of drug-likeness (QED) is 0.548. The first-order chi connectivity index (χ1) is 13.8. The first-order valence-corrected chi connectivity index (χ1v) is 9.55. The number of rotatable bonds is 4. The summed E-state index contributed by atoms with van der Waals surface area (Å²) in [5, 5.41) is 0. The molecule has 0 aliphatic carbocycles. The lowest BCUT2D eigenvalue weighted by molar-refractivity contribution is -0.118. The number of benzene rings is 2. The fraction of sp³-hybridized carbons (Fsp3) is 0.174. The predicted octanol–water partition coefficient (Wildman–Crippen LogP) is 3.94. The van der Waals surface area contributed by atoms with Crippen LogP contribution in [0.4, 0.5) is 5.69 Å². The molecule has 1 aliphatic heterocycles. The molecule has 0 unspecified atom stereocenters. The van der Waals surface area contributed by atoms with E-state index in [0.717, 1.165) is 47.5 Å². The highest BCUT2D eigenvalue weighted by Crippen LogP contribution is 2.28. The second-order valence-corrected chi connectivity index (χ2v) is 7.05. The molecule has 138 valence electrons. The molecule has 0 N–H and O–H groups in total. The molecule has 5 nitrogen and oxygen atoms in total. The SMILES string of the molecule is O=C(CCc1ccc(-n2cnc3cccnc32)cc1)N1CCc2ccccc21. The van der Waals surface area contributed by atoms with Crippen molar-refractivity contribution in [1.82, 2.24) is 14.5 Å². The summed E-state index contributed by atoms with van der Waals surface area (Å²) in [6.07, 6.45) is 5.77. The van der Waals surface area contributed by atoms with Crippen LogP contribution in [0.1, 0.15) is 17.5 Å². The second-order valence-electron chi connectivity index (χ2n) is 7.05. The zero-order valence-corrected chi connectivity index (χ0v) is 15.5. The Morgan fingerprint density at radius 3 is 2.71 bits per heavy atom. The number of carbonyl (C=O) groups excluding carboxylic acids is 1. The van der Waals surface area contributed by atoms with Crippen molar-refractivity contribution >= 4 is 22.8 Å². The molecule has 5 rings (SSSR count). The fourth-order valence-electron chi connectivity index (χ4n) is 3.85. The van der Waals surface area contributed by atoms with Crippen LogP contribution in [0.25, 0.3) is 16.9 Å². The van der Waals surface area contributed by atoms with Gasteiger partial charge in [0.15, 0.2) is 5.65 Å². The van der Waals surface area contributed by atoms with Gasteiger partial charge in [-0.1, -0.05) is 30.3 Å². The first kappa shape index (κ1) is 16.7. The van der Waals surface area contributed by atoms with Crippen molar-refractivity contribution in [1.29, 1.82) is 0 Å². The number of aromatic nitrogens is 3. The summed E-state index contributed by atoms with van der Waals surface area (Å²) >= 11 is 0. The number of nitrogens with zero attached hydrogens (tertiary/aromatic N) is 4. The molecule has 28 heavy (non-hydrogen) atoms. The second kappa shape index (κ2) is 6.93. The molecular weight excluding hydrogens is 348 g/mol. The van der Waals surface area contributed by atoms with E-state index in [4.69, 9.17) is 0 Å². The molecule has 1 aliphatic rings. The van der Waals surface area contributed by atoms with Gasteiger partial charge in [-0.3, -0.25) is 9.36 Å². The Hall–Kier alpha value is -3.47. The van der Waals surface area contributed by atoms with Crippen LogP contribution in [-0.2, 0) is 17.6 Å². The summed E-state index contributed by atoms with van der Waals surface area (Å²) in [6, 6.07) is 20.3. The van der Waals surface area contributed by atoms with Crippen LogP contribution in [0.15, 0.2) is 73.2 Å². The highest BCUT2D eigenvalue weighted by molar-refractivity contribution is 5.95. The van der Waals surface area contributed by atoms with Gasteiger partial charge in [-0.05, 0) is 54.3 Å². The number of aryl methyl sites for hydroxylation is 1. The minimum Gasteiger partial charge on any atom is -0.312 e. The number of amides is 1. The Balaban J connectivity index is 1.28. The predicted molar refractivity (Wildman–Crippen MR) is 110 cm³/mol. The number of para-hydroxylation sites is 1. The third kappa shape index (κ3) is 2.95.